The molecule has 3 amide bonds. The van der Waals surface area contributed by atoms with Crippen molar-refractivity contribution in [3.05, 3.63) is 88.6 Å². The van der Waals surface area contributed by atoms with E-state index in [0.29, 0.717) is 15.8 Å². The summed E-state index contributed by atoms with van der Waals surface area (Å²) in [6.07, 6.45) is -0.885. The number of carbonyl (C=O) groups excluding carboxylic acids is 3. The standard InChI is InChI=1S/C42H53F2N5O8S/c1-23(2)58(54,55)36-28(17-29(45)19-33(36)44)21-48(11)38(51)35(27-12-13-30(24(3)16-27)25(4)22-50)47-34-18-26-14-15-46-37(31(26)20-32(34)43)49(39(52)56-41(5,6)7)40(53)57-42(8,9)10/h12-20,23,25,35,47,50H,21-22,45H2,1-11H3/t25-,35?/m0/s1. The predicted molar refractivity (Wildman–Crippen MR) is 219 cm³/mol. The van der Waals surface area contributed by atoms with Gasteiger partial charge in [0.15, 0.2) is 15.7 Å². The van der Waals surface area contributed by atoms with Crippen LogP contribution < -0.4 is 16.0 Å². The number of fused-ring (bicyclic) bond motifs is 1. The molecule has 0 spiro atoms. The van der Waals surface area contributed by atoms with Crippen molar-refractivity contribution in [3.63, 3.8) is 0 Å². The number of amides is 3. The number of aliphatic hydroxyl groups excluding tert-OH is 1. The van der Waals surface area contributed by atoms with Gasteiger partial charge < -0.3 is 30.5 Å². The highest BCUT2D eigenvalue weighted by Gasteiger charge is 2.36. The van der Waals surface area contributed by atoms with Crippen molar-refractivity contribution in [1.29, 1.82) is 0 Å². The number of pyridine rings is 1. The number of sulfone groups is 1. The van der Waals surface area contributed by atoms with Crippen molar-refractivity contribution in [3.8, 4) is 0 Å². The van der Waals surface area contributed by atoms with Gasteiger partial charge in [0.05, 0.1) is 10.9 Å². The minimum atomic E-state index is -4.15. The van der Waals surface area contributed by atoms with Crippen LogP contribution in [0.15, 0.2) is 59.6 Å². The lowest BCUT2D eigenvalue weighted by Crippen LogP contribution is -2.44. The summed E-state index contributed by atoms with van der Waals surface area (Å²) in [5.41, 5.74) is 5.62. The van der Waals surface area contributed by atoms with E-state index in [9.17, 15) is 27.9 Å². The summed E-state index contributed by atoms with van der Waals surface area (Å²) >= 11 is 0. The number of hydrogen-bond acceptors (Lipinski definition) is 11. The number of aromatic nitrogens is 1. The first-order valence-corrected chi connectivity index (χ1v) is 20.2. The lowest BCUT2D eigenvalue weighted by molar-refractivity contribution is -0.131. The van der Waals surface area contributed by atoms with Crippen LogP contribution in [0.5, 0.6) is 0 Å². The molecule has 0 saturated carbocycles. The zero-order valence-corrected chi connectivity index (χ0v) is 35.5. The van der Waals surface area contributed by atoms with Gasteiger partial charge in [0.25, 0.3) is 0 Å². The maximum Gasteiger partial charge on any atom is 0.425 e. The second-order valence-electron chi connectivity index (χ2n) is 16.5. The number of benzene rings is 3. The van der Waals surface area contributed by atoms with Gasteiger partial charge in [-0.3, -0.25) is 4.79 Å². The molecular formula is C42H53F2N5O8S. The van der Waals surface area contributed by atoms with Crippen LogP contribution in [0.25, 0.3) is 10.8 Å². The van der Waals surface area contributed by atoms with Crippen LogP contribution in [0.1, 0.15) is 96.5 Å². The Balaban J connectivity index is 1.85. The number of nitrogen functional groups attached to an aromatic ring is 1. The molecule has 0 aliphatic carbocycles. The maximum atomic E-state index is 16.4. The van der Waals surface area contributed by atoms with Gasteiger partial charge in [-0.2, -0.15) is 4.90 Å². The number of ether oxygens (including phenoxy) is 2. The molecule has 314 valence electrons. The largest absolute Gasteiger partial charge is 0.443 e. The number of imide groups is 1. The molecule has 0 fully saturated rings. The van der Waals surface area contributed by atoms with E-state index in [1.807, 2.05) is 6.92 Å². The fourth-order valence-electron chi connectivity index (χ4n) is 6.20. The smallest absolute Gasteiger partial charge is 0.425 e. The molecule has 58 heavy (non-hydrogen) atoms. The number of rotatable bonds is 11. The third-order valence-corrected chi connectivity index (χ3v) is 11.3. The first-order chi connectivity index (χ1) is 26.7. The van der Waals surface area contributed by atoms with E-state index < -0.39 is 67.0 Å². The zero-order valence-electron chi connectivity index (χ0n) is 34.7. The molecule has 1 aromatic heterocycles. The number of halogens is 2. The Morgan fingerprint density at radius 1 is 0.914 bits per heavy atom. The fraction of sp³-hybridized carbons (Fsp3) is 0.429. The summed E-state index contributed by atoms with van der Waals surface area (Å²) in [4.78, 5) is 46.9. The van der Waals surface area contributed by atoms with Crippen molar-refractivity contribution in [2.45, 2.75) is 109 Å². The van der Waals surface area contributed by atoms with Crippen molar-refractivity contribution < 1.29 is 46.2 Å². The number of nitrogens with two attached hydrogens (primary N) is 1. The fourth-order valence-corrected chi connectivity index (χ4v) is 7.49. The van der Waals surface area contributed by atoms with E-state index in [1.54, 1.807) is 66.7 Å². The molecule has 4 aromatic rings. The molecule has 2 atom stereocenters. The average Bonchev–Trinajstić information content (AvgIpc) is 3.08. The molecule has 0 saturated heterocycles. The Morgan fingerprint density at radius 2 is 1.52 bits per heavy atom. The Morgan fingerprint density at radius 3 is 2.05 bits per heavy atom. The van der Waals surface area contributed by atoms with Crippen LogP contribution in [0.2, 0.25) is 0 Å². The molecule has 4 rings (SSSR count). The SMILES string of the molecule is Cc1cc(C(Nc2cc3ccnc(N(C(=O)OC(C)(C)C)C(=O)OC(C)(C)C)c3cc2F)C(=O)N(C)Cc2cc(N)cc(F)c2S(=O)(=O)C(C)C)ccc1[C@@H](C)CO. The number of hydrogen-bond donors (Lipinski definition) is 3. The number of nitrogens with zero attached hydrogens (tertiary/aromatic N) is 3. The summed E-state index contributed by atoms with van der Waals surface area (Å²) in [5.74, 6) is -3.06. The van der Waals surface area contributed by atoms with Crippen LogP contribution in [-0.4, -0.2) is 71.6 Å². The van der Waals surface area contributed by atoms with Crippen molar-refractivity contribution in [1.82, 2.24) is 9.88 Å². The van der Waals surface area contributed by atoms with Crippen LogP contribution in [0, 0.1) is 18.6 Å². The van der Waals surface area contributed by atoms with Gasteiger partial charge in [0.1, 0.15) is 33.8 Å². The molecule has 0 bridgehead atoms. The Hall–Kier alpha value is -5.35. The molecule has 0 aliphatic rings. The highest BCUT2D eigenvalue weighted by molar-refractivity contribution is 7.92. The Kier molecular flexibility index (Phi) is 13.5. The molecular weight excluding hydrogens is 773 g/mol. The van der Waals surface area contributed by atoms with Gasteiger partial charge in [0, 0.05) is 43.4 Å². The maximum absolute atomic E-state index is 16.4. The van der Waals surface area contributed by atoms with Crippen LogP contribution in [-0.2, 0) is 30.7 Å². The summed E-state index contributed by atoms with van der Waals surface area (Å²) in [6, 6.07) is 10.0. The highest BCUT2D eigenvalue weighted by Crippen LogP contribution is 2.35. The zero-order chi connectivity index (χ0) is 43.7. The summed E-state index contributed by atoms with van der Waals surface area (Å²) in [7, 11) is -2.76. The lowest BCUT2D eigenvalue weighted by Gasteiger charge is -2.29. The van der Waals surface area contributed by atoms with Gasteiger partial charge in [-0.15, -0.1) is 0 Å². The number of nitrogens with one attached hydrogen (secondary N) is 1. The van der Waals surface area contributed by atoms with Crippen molar-refractivity contribution in [2.24, 2.45) is 0 Å². The molecule has 13 nitrogen and oxygen atoms in total. The first kappa shape index (κ1) is 45.4. The van der Waals surface area contributed by atoms with Crippen molar-refractivity contribution in [2.75, 3.05) is 29.6 Å². The van der Waals surface area contributed by atoms with E-state index in [2.05, 4.69) is 10.3 Å². The summed E-state index contributed by atoms with van der Waals surface area (Å²) in [6.45, 7) is 15.7. The molecule has 0 radical (unpaired) electrons. The van der Waals surface area contributed by atoms with Gasteiger partial charge in [0.2, 0.25) is 5.91 Å². The normalized spacial score (nSPS) is 13.2. The number of aryl methyl sites for hydroxylation is 1. The number of carbonyl (C=O) groups is 3. The molecule has 1 heterocycles. The Labute approximate surface area is 338 Å². The van der Waals surface area contributed by atoms with Crippen LogP contribution in [0.3, 0.4) is 0 Å². The lowest BCUT2D eigenvalue weighted by atomic mass is 9.93. The average molecular weight is 826 g/mol. The van der Waals surface area contributed by atoms with E-state index in [0.717, 1.165) is 23.3 Å². The second kappa shape index (κ2) is 17.2. The van der Waals surface area contributed by atoms with Crippen molar-refractivity contribution >= 4 is 55.9 Å². The van der Waals surface area contributed by atoms with Gasteiger partial charge in [-0.05, 0) is 120 Å². The number of likely N-dealkylation sites (N-methyl/N-ethyl adjacent to an activating group) is 1. The van der Waals surface area contributed by atoms with Gasteiger partial charge in [-0.1, -0.05) is 25.1 Å². The predicted octanol–water partition coefficient (Wildman–Crippen LogP) is 8.17. The van der Waals surface area contributed by atoms with Crippen LogP contribution >= 0.6 is 0 Å². The third-order valence-electron chi connectivity index (χ3n) is 9.01. The van der Waals surface area contributed by atoms with Gasteiger partial charge in [-0.25, -0.2) is 31.8 Å². The number of aliphatic hydroxyl groups is 1. The van der Waals surface area contributed by atoms with E-state index >= 15 is 8.78 Å². The number of anilines is 3. The molecule has 1 unspecified atom stereocenters. The summed E-state index contributed by atoms with van der Waals surface area (Å²) in [5, 5.41) is 12.2. The minimum absolute atomic E-state index is 0.0412. The first-order valence-electron chi connectivity index (χ1n) is 18.6. The monoisotopic (exact) mass is 825 g/mol. The Bertz CT molecular complexity index is 2300. The van der Waals surface area contributed by atoms with Crippen LogP contribution in [0.4, 0.5) is 35.6 Å². The topological polar surface area (TPSA) is 181 Å². The minimum Gasteiger partial charge on any atom is -0.443 e. The van der Waals surface area contributed by atoms with E-state index in [-0.39, 0.29) is 47.2 Å². The third kappa shape index (κ3) is 10.4. The van der Waals surface area contributed by atoms with E-state index in [1.165, 1.54) is 50.2 Å². The second-order valence-corrected chi connectivity index (χ2v) is 19.0. The van der Waals surface area contributed by atoms with Gasteiger partial charge >= 0.3 is 12.2 Å². The molecule has 3 aromatic carbocycles. The highest BCUT2D eigenvalue weighted by atomic mass is 32.2. The van der Waals surface area contributed by atoms with E-state index in [4.69, 9.17) is 15.2 Å². The molecule has 16 heteroatoms. The quantitative estimate of drug-likeness (QED) is 0.124. The summed E-state index contributed by atoms with van der Waals surface area (Å²) < 4.78 is 69.3. The molecule has 0 aliphatic heterocycles. The molecule has 4 N–H and O–H groups in total.